The first-order chi connectivity index (χ1) is 19.5. The number of nitrogens with one attached hydrogen (secondary N) is 2. The van der Waals surface area contributed by atoms with Crippen molar-refractivity contribution < 1.29 is 44.3 Å². The van der Waals surface area contributed by atoms with Crippen LogP contribution >= 0.6 is 0 Å². The summed E-state index contributed by atoms with van der Waals surface area (Å²) in [7, 11) is 0. The minimum Gasteiger partial charge on any atom is -0.463 e. The van der Waals surface area contributed by atoms with E-state index in [1.54, 1.807) is 6.92 Å². The van der Waals surface area contributed by atoms with Gasteiger partial charge in [-0.1, -0.05) is 38.3 Å². The normalized spacial score (nSPS) is 27.6. The Labute approximate surface area is 243 Å². The van der Waals surface area contributed by atoms with Gasteiger partial charge >= 0.3 is 5.97 Å². The van der Waals surface area contributed by atoms with Gasteiger partial charge in [-0.15, -0.1) is 0 Å². The first-order valence-corrected chi connectivity index (χ1v) is 14.9. The zero-order chi connectivity index (χ0) is 30.4. The molecule has 6 N–H and O–H groups in total. The number of amides is 2. The van der Waals surface area contributed by atoms with Gasteiger partial charge in [0.15, 0.2) is 0 Å². The molecule has 0 aromatic heterocycles. The number of carbonyl (C=O) groups is 3. The van der Waals surface area contributed by atoms with Gasteiger partial charge in [-0.3, -0.25) is 9.59 Å². The van der Waals surface area contributed by atoms with Gasteiger partial charge < -0.3 is 40.5 Å². The smallest absolute Gasteiger partial charge is 0.330 e. The van der Waals surface area contributed by atoms with Gasteiger partial charge in [0.25, 0.3) is 0 Å². The summed E-state index contributed by atoms with van der Waals surface area (Å²) < 4.78 is 10.9. The SMILES string of the molecule is C/C(=C\C(=O)OCCCCCCCC(=O)NC1CCCNC1=O)[C@H](O)[C@@H]1OC[C@H](C/C=C/[C@@H](C)[C@H](C)O)[C@@H](O)[C@H]1O. The third-order valence-electron chi connectivity index (χ3n) is 7.85. The van der Waals surface area contributed by atoms with E-state index in [0.717, 1.165) is 32.1 Å². The molecule has 41 heavy (non-hydrogen) atoms. The molecule has 8 atom stereocenters. The van der Waals surface area contributed by atoms with Gasteiger partial charge in [-0.05, 0) is 57.4 Å². The summed E-state index contributed by atoms with van der Waals surface area (Å²) in [5.41, 5.74) is 0.263. The largest absolute Gasteiger partial charge is 0.463 e. The molecule has 11 heteroatoms. The van der Waals surface area contributed by atoms with E-state index in [-0.39, 0.29) is 42.4 Å². The quantitative estimate of drug-likeness (QED) is 0.0678. The Morgan fingerprint density at radius 3 is 2.54 bits per heavy atom. The van der Waals surface area contributed by atoms with Crippen molar-refractivity contribution in [3.8, 4) is 0 Å². The molecule has 2 rings (SSSR count). The Kier molecular flexibility index (Phi) is 15.6. The molecule has 0 aromatic carbocycles. The van der Waals surface area contributed by atoms with E-state index >= 15 is 0 Å². The topological polar surface area (TPSA) is 175 Å². The number of hydrogen-bond acceptors (Lipinski definition) is 9. The number of unbranched alkanes of at least 4 members (excludes halogenated alkanes) is 4. The first kappa shape index (κ1) is 34.9. The fraction of sp³-hybridized carbons (Fsp3) is 0.767. The highest BCUT2D eigenvalue weighted by Crippen LogP contribution is 2.27. The van der Waals surface area contributed by atoms with E-state index in [0.29, 0.717) is 32.2 Å². The molecular weight excluding hydrogens is 532 g/mol. The molecule has 0 aromatic rings. The maximum absolute atomic E-state index is 12.2. The number of rotatable bonds is 16. The van der Waals surface area contributed by atoms with Crippen LogP contribution in [0.15, 0.2) is 23.8 Å². The average molecular weight is 583 g/mol. The van der Waals surface area contributed by atoms with Crippen LogP contribution in [0, 0.1) is 11.8 Å². The summed E-state index contributed by atoms with van der Waals surface area (Å²) in [6, 6.07) is -0.423. The van der Waals surface area contributed by atoms with Crippen LogP contribution in [0.1, 0.15) is 78.6 Å². The van der Waals surface area contributed by atoms with Crippen LogP contribution in [0.5, 0.6) is 0 Å². The fourth-order valence-electron chi connectivity index (χ4n) is 4.86. The van der Waals surface area contributed by atoms with E-state index < -0.39 is 42.5 Å². The number of esters is 1. The lowest BCUT2D eigenvalue weighted by atomic mass is 9.86. The zero-order valence-corrected chi connectivity index (χ0v) is 24.7. The van der Waals surface area contributed by atoms with Gasteiger partial charge in [-0.2, -0.15) is 0 Å². The third kappa shape index (κ3) is 12.2. The van der Waals surface area contributed by atoms with Crippen LogP contribution < -0.4 is 10.6 Å². The van der Waals surface area contributed by atoms with Gasteiger partial charge in [0.05, 0.1) is 25.4 Å². The number of hydrogen-bond donors (Lipinski definition) is 6. The molecule has 1 unspecified atom stereocenters. The van der Waals surface area contributed by atoms with Crippen molar-refractivity contribution in [2.75, 3.05) is 19.8 Å². The number of aliphatic hydroxyl groups is 4. The van der Waals surface area contributed by atoms with Gasteiger partial charge in [0, 0.05) is 25.0 Å². The minimum absolute atomic E-state index is 0.0352. The molecule has 2 aliphatic rings. The summed E-state index contributed by atoms with van der Waals surface area (Å²) in [5.74, 6) is -1.23. The van der Waals surface area contributed by atoms with Crippen LogP contribution in [0.4, 0.5) is 0 Å². The van der Waals surface area contributed by atoms with Crippen molar-refractivity contribution in [3.63, 3.8) is 0 Å². The summed E-state index contributed by atoms with van der Waals surface area (Å²) in [6.07, 6.45) is 5.92. The lowest BCUT2D eigenvalue weighted by Gasteiger charge is -2.39. The lowest BCUT2D eigenvalue weighted by molar-refractivity contribution is -0.187. The second-order valence-corrected chi connectivity index (χ2v) is 11.4. The van der Waals surface area contributed by atoms with Gasteiger partial charge in [0.2, 0.25) is 11.8 Å². The highest BCUT2D eigenvalue weighted by atomic mass is 16.5. The second-order valence-electron chi connectivity index (χ2n) is 11.4. The van der Waals surface area contributed by atoms with Crippen molar-refractivity contribution >= 4 is 17.8 Å². The lowest BCUT2D eigenvalue weighted by Crippen LogP contribution is -2.54. The van der Waals surface area contributed by atoms with E-state index in [4.69, 9.17) is 9.47 Å². The Bertz CT molecular complexity index is 891. The first-order valence-electron chi connectivity index (χ1n) is 14.9. The van der Waals surface area contributed by atoms with Crippen LogP contribution in [-0.4, -0.2) is 94.5 Å². The molecule has 0 aliphatic carbocycles. The summed E-state index contributed by atoms with van der Waals surface area (Å²) in [6.45, 7) is 6.13. The standard InChI is InChI=1S/C30H50N2O9/c1-19(21(3)33)11-9-12-22-18-41-29(28(38)27(22)37)26(36)20(2)17-25(35)40-16-8-6-4-5-7-14-24(34)32-23-13-10-15-31-30(23)39/h9,11,17,19,21-23,26-29,33,36-38H,4-8,10,12-16,18H2,1-3H3,(H,31,39)(H,32,34)/b11-9+,20-17+/t19-,21+,22+,23?,26+,27-,28-,29+/m1/s1. The van der Waals surface area contributed by atoms with Crippen LogP contribution in [0.3, 0.4) is 0 Å². The van der Waals surface area contributed by atoms with E-state index in [1.165, 1.54) is 13.0 Å². The van der Waals surface area contributed by atoms with Crippen molar-refractivity contribution in [1.82, 2.24) is 10.6 Å². The number of ether oxygens (including phenoxy) is 2. The molecule has 2 amide bonds. The molecule has 2 saturated heterocycles. The molecule has 11 nitrogen and oxygen atoms in total. The number of aliphatic hydroxyl groups excluding tert-OH is 4. The van der Waals surface area contributed by atoms with Gasteiger partial charge in [0.1, 0.15) is 24.4 Å². The minimum atomic E-state index is -1.33. The van der Waals surface area contributed by atoms with Gasteiger partial charge in [-0.25, -0.2) is 4.79 Å². The van der Waals surface area contributed by atoms with Crippen molar-refractivity contribution in [3.05, 3.63) is 23.8 Å². The van der Waals surface area contributed by atoms with Crippen LogP contribution in [0.25, 0.3) is 0 Å². The average Bonchev–Trinajstić information content (AvgIpc) is 2.93. The Morgan fingerprint density at radius 2 is 1.83 bits per heavy atom. The Morgan fingerprint density at radius 1 is 1.12 bits per heavy atom. The fourth-order valence-corrected chi connectivity index (χ4v) is 4.86. The highest BCUT2D eigenvalue weighted by molar-refractivity contribution is 5.88. The zero-order valence-electron chi connectivity index (χ0n) is 24.7. The van der Waals surface area contributed by atoms with E-state index in [2.05, 4.69) is 10.6 Å². The van der Waals surface area contributed by atoms with Crippen molar-refractivity contribution in [1.29, 1.82) is 0 Å². The molecule has 2 aliphatic heterocycles. The Balaban J connectivity index is 1.61. The third-order valence-corrected chi connectivity index (χ3v) is 7.85. The molecular formula is C30H50N2O9. The summed E-state index contributed by atoms with van der Waals surface area (Å²) in [4.78, 5) is 35.9. The van der Waals surface area contributed by atoms with Crippen LogP contribution in [-0.2, 0) is 23.9 Å². The van der Waals surface area contributed by atoms with Crippen molar-refractivity contribution in [2.24, 2.45) is 11.8 Å². The predicted octanol–water partition coefficient (Wildman–Crippen LogP) is 1.27. The maximum Gasteiger partial charge on any atom is 0.330 e. The Hall–Kier alpha value is -2.31. The molecule has 2 fully saturated rings. The molecule has 234 valence electrons. The molecule has 0 radical (unpaired) electrons. The maximum atomic E-state index is 12.2. The second kappa shape index (κ2) is 18.3. The van der Waals surface area contributed by atoms with E-state index in [1.807, 2.05) is 19.1 Å². The predicted molar refractivity (Wildman–Crippen MR) is 152 cm³/mol. The highest BCUT2D eigenvalue weighted by Gasteiger charge is 2.41. The molecule has 0 spiro atoms. The van der Waals surface area contributed by atoms with E-state index in [9.17, 15) is 34.8 Å². The van der Waals surface area contributed by atoms with Crippen LogP contribution in [0.2, 0.25) is 0 Å². The number of allylic oxidation sites excluding steroid dienone is 1. The molecule has 0 saturated carbocycles. The number of carbonyl (C=O) groups excluding carboxylic acids is 3. The summed E-state index contributed by atoms with van der Waals surface area (Å²) >= 11 is 0. The molecule has 0 bridgehead atoms. The summed E-state index contributed by atoms with van der Waals surface area (Å²) in [5, 5.41) is 46.9. The number of piperidine rings is 1. The van der Waals surface area contributed by atoms with Crippen molar-refractivity contribution in [2.45, 2.75) is 115 Å². The molecule has 2 heterocycles. The monoisotopic (exact) mass is 582 g/mol.